The maximum Gasteiger partial charge on any atom is 0.489 e. The largest absolute Gasteiger partial charge is 0.508 e. The van der Waals surface area contributed by atoms with E-state index in [4.69, 9.17) is 10.0 Å². The number of hydrogen-bond acceptors (Lipinski definition) is 4. The van der Waals surface area contributed by atoms with Crippen molar-refractivity contribution >= 4 is 23.5 Å². The van der Waals surface area contributed by atoms with Gasteiger partial charge in [0.2, 0.25) is 0 Å². The molecule has 0 saturated heterocycles. The lowest BCUT2D eigenvalue weighted by Gasteiger charge is -2.04. The molecule has 0 spiro atoms. The minimum absolute atomic E-state index is 0.0763. The zero-order valence-corrected chi connectivity index (χ0v) is 7.25. The molecule has 0 aliphatic carbocycles. The second-order valence-electron chi connectivity index (χ2n) is 2.98. The highest BCUT2D eigenvalue weighted by molar-refractivity contribution is 6.61. The van der Waals surface area contributed by atoms with Gasteiger partial charge in [0.15, 0.2) is 0 Å². The van der Waals surface area contributed by atoms with E-state index < -0.39 is 7.12 Å². The first-order valence-electron chi connectivity index (χ1n) is 4.12. The highest BCUT2D eigenvalue weighted by Crippen LogP contribution is 2.16. The van der Waals surface area contributed by atoms with E-state index in [1.54, 1.807) is 6.07 Å². The van der Waals surface area contributed by atoms with E-state index in [1.165, 1.54) is 24.4 Å². The van der Waals surface area contributed by atoms with E-state index in [-0.39, 0.29) is 5.75 Å². The van der Waals surface area contributed by atoms with Crippen LogP contribution in [0.1, 0.15) is 0 Å². The van der Waals surface area contributed by atoms with E-state index in [1.807, 2.05) is 0 Å². The normalized spacial score (nSPS) is 10.4. The molecule has 0 aliphatic heterocycles. The number of aromatic hydroxyl groups is 1. The van der Waals surface area contributed by atoms with Crippen molar-refractivity contribution in [1.29, 1.82) is 0 Å². The molecule has 1 aromatic heterocycles. The van der Waals surface area contributed by atoms with Crippen LogP contribution >= 0.6 is 0 Å². The monoisotopic (exact) mass is 189 g/mol. The molecule has 70 valence electrons. The lowest BCUT2D eigenvalue weighted by molar-refractivity contribution is 0.426. The Morgan fingerprint density at radius 1 is 1.14 bits per heavy atom. The Balaban J connectivity index is 2.77. The summed E-state index contributed by atoms with van der Waals surface area (Å²) in [5, 5.41) is 27.9. The first kappa shape index (κ1) is 8.99. The summed E-state index contributed by atoms with van der Waals surface area (Å²) in [5.41, 5.74) is 0.958. The molecule has 0 radical (unpaired) electrons. The van der Waals surface area contributed by atoms with E-state index in [2.05, 4.69) is 4.98 Å². The van der Waals surface area contributed by atoms with Crippen molar-refractivity contribution in [2.75, 3.05) is 0 Å². The summed E-state index contributed by atoms with van der Waals surface area (Å²) in [6.45, 7) is 0. The van der Waals surface area contributed by atoms with Crippen LogP contribution in [0, 0.1) is 0 Å². The van der Waals surface area contributed by atoms with Gasteiger partial charge in [0.25, 0.3) is 0 Å². The third-order valence-corrected chi connectivity index (χ3v) is 2.04. The standard InChI is InChI=1S/C9H8BNO3/c12-6-1-2-9-7(5-6)8(10(13)14)3-4-11-9/h1-5,12-14H. The van der Waals surface area contributed by atoms with Gasteiger partial charge in [-0.3, -0.25) is 4.98 Å². The molecule has 0 amide bonds. The summed E-state index contributed by atoms with van der Waals surface area (Å²) in [5.74, 6) is 0.0763. The highest BCUT2D eigenvalue weighted by Gasteiger charge is 2.14. The lowest BCUT2D eigenvalue weighted by atomic mass is 9.78. The highest BCUT2D eigenvalue weighted by atomic mass is 16.4. The molecule has 2 aromatic rings. The zero-order valence-electron chi connectivity index (χ0n) is 7.25. The van der Waals surface area contributed by atoms with Crippen molar-refractivity contribution in [3.63, 3.8) is 0 Å². The van der Waals surface area contributed by atoms with Gasteiger partial charge in [-0.2, -0.15) is 0 Å². The first-order chi connectivity index (χ1) is 6.68. The molecule has 3 N–H and O–H groups in total. The summed E-state index contributed by atoms with van der Waals surface area (Å²) in [7, 11) is -1.55. The van der Waals surface area contributed by atoms with Crippen molar-refractivity contribution in [3.8, 4) is 5.75 Å². The molecular formula is C9H8BNO3. The molecule has 0 fully saturated rings. The van der Waals surface area contributed by atoms with E-state index in [0.29, 0.717) is 16.4 Å². The van der Waals surface area contributed by atoms with Crippen LogP contribution in [0.2, 0.25) is 0 Å². The van der Waals surface area contributed by atoms with Gasteiger partial charge >= 0.3 is 7.12 Å². The van der Waals surface area contributed by atoms with E-state index >= 15 is 0 Å². The minimum atomic E-state index is -1.55. The fourth-order valence-corrected chi connectivity index (χ4v) is 1.38. The van der Waals surface area contributed by atoms with Crippen molar-refractivity contribution < 1.29 is 15.2 Å². The Bertz CT molecular complexity index is 473. The van der Waals surface area contributed by atoms with Crippen molar-refractivity contribution in [3.05, 3.63) is 30.5 Å². The van der Waals surface area contributed by atoms with Crippen LogP contribution in [0.5, 0.6) is 5.75 Å². The van der Waals surface area contributed by atoms with E-state index in [0.717, 1.165) is 0 Å². The van der Waals surface area contributed by atoms with Gasteiger partial charge < -0.3 is 15.2 Å². The maximum absolute atomic E-state index is 9.25. The van der Waals surface area contributed by atoms with Crippen LogP contribution in [0.15, 0.2) is 30.5 Å². The van der Waals surface area contributed by atoms with Gasteiger partial charge in [-0.25, -0.2) is 0 Å². The number of fused-ring (bicyclic) bond motifs is 1. The van der Waals surface area contributed by atoms with Crippen LogP contribution in [0.3, 0.4) is 0 Å². The summed E-state index contributed by atoms with van der Waals surface area (Å²) in [6, 6.07) is 6.09. The molecular weight excluding hydrogens is 181 g/mol. The van der Waals surface area contributed by atoms with Crippen LogP contribution in [0.4, 0.5) is 0 Å². The SMILES string of the molecule is OB(O)c1ccnc2ccc(O)cc12. The number of phenolic OH excluding ortho intramolecular Hbond substituents is 1. The second kappa shape index (κ2) is 3.28. The third-order valence-electron chi connectivity index (χ3n) is 2.04. The maximum atomic E-state index is 9.25. The van der Waals surface area contributed by atoms with Crippen LogP contribution in [-0.2, 0) is 0 Å². The molecule has 0 unspecified atom stereocenters. The number of benzene rings is 1. The Morgan fingerprint density at radius 3 is 2.64 bits per heavy atom. The van der Waals surface area contributed by atoms with Gasteiger partial charge in [0.05, 0.1) is 5.52 Å². The van der Waals surface area contributed by atoms with Gasteiger partial charge in [-0.1, -0.05) is 0 Å². The number of hydrogen-bond donors (Lipinski definition) is 3. The summed E-state index contributed by atoms with van der Waals surface area (Å²) in [4.78, 5) is 4.03. The third kappa shape index (κ3) is 1.43. The van der Waals surface area contributed by atoms with Crippen LogP contribution in [0.25, 0.3) is 10.9 Å². The summed E-state index contributed by atoms with van der Waals surface area (Å²) < 4.78 is 0. The first-order valence-corrected chi connectivity index (χ1v) is 4.12. The van der Waals surface area contributed by atoms with Crippen molar-refractivity contribution in [1.82, 2.24) is 4.98 Å². The molecule has 0 aliphatic rings. The Hall–Kier alpha value is -1.59. The number of rotatable bonds is 1. The predicted molar refractivity (Wildman–Crippen MR) is 53.2 cm³/mol. The lowest BCUT2D eigenvalue weighted by Crippen LogP contribution is -2.30. The average molecular weight is 189 g/mol. The van der Waals surface area contributed by atoms with E-state index in [9.17, 15) is 5.11 Å². The molecule has 4 nitrogen and oxygen atoms in total. The Morgan fingerprint density at radius 2 is 1.93 bits per heavy atom. The number of pyridine rings is 1. The smallest absolute Gasteiger partial charge is 0.489 e. The summed E-state index contributed by atoms with van der Waals surface area (Å²) >= 11 is 0. The number of aromatic nitrogens is 1. The molecule has 1 aromatic carbocycles. The fraction of sp³-hybridized carbons (Fsp3) is 0. The average Bonchev–Trinajstić information content (AvgIpc) is 2.16. The predicted octanol–water partition coefficient (Wildman–Crippen LogP) is -0.380. The van der Waals surface area contributed by atoms with Gasteiger partial charge in [0.1, 0.15) is 5.75 Å². The molecule has 0 saturated carbocycles. The van der Waals surface area contributed by atoms with Crippen LogP contribution < -0.4 is 5.46 Å². The van der Waals surface area contributed by atoms with Gasteiger partial charge in [-0.05, 0) is 29.7 Å². The van der Waals surface area contributed by atoms with Gasteiger partial charge in [0, 0.05) is 11.6 Å². The Kier molecular flexibility index (Phi) is 2.11. The van der Waals surface area contributed by atoms with Crippen LogP contribution in [-0.4, -0.2) is 27.3 Å². The minimum Gasteiger partial charge on any atom is -0.508 e. The number of nitrogens with zero attached hydrogens (tertiary/aromatic N) is 1. The molecule has 1 heterocycles. The van der Waals surface area contributed by atoms with Crippen molar-refractivity contribution in [2.45, 2.75) is 0 Å². The Labute approximate surface area is 80.6 Å². The van der Waals surface area contributed by atoms with Crippen molar-refractivity contribution in [2.24, 2.45) is 0 Å². The quantitative estimate of drug-likeness (QED) is 0.534. The second-order valence-corrected chi connectivity index (χ2v) is 2.98. The molecule has 5 heteroatoms. The molecule has 2 rings (SSSR count). The zero-order chi connectivity index (χ0) is 10.1. The number of phenols is 1. The topological polar surface area (TPSA) is 73.6 Å². The van der Waals surface area contributed by atoms with Gasteiger partial charge in [-0.15, -0.1) is 0 Å². The summed E-state index contributed by atoms with van der Waals surface area (Å²) in [6.07, 6.45) is 1.49. The molecule has 0 bridgehead atoms. The molecule has 0 atom stereocenters. The molecule has 14 heavy (non-hydrogen) atoms. The fourth-order valence-electron chi connectivity index (χ4n) is 1.38.